The minimum Gasteiger partial charge on any atom is -0.350 e. The second-order valence-electron chi connectivity index (χ2n) is 8.70. The number of nitrogens with zero attached hydrogens (tertiary/aromatic N) is 6. The molecular weight excluding hydrogens is 440 g/mol. The molecule has 2 atom stereocenters. The number of likely N-dealkylation sites (tertiary alicyclic amines) is 1. The highest BCUT2D eigenvalue weighted by molar-refractivity contribution is 7.92. The molecule has 2 fully saturated rings. The molecule has 5 rings (SSSR count). The van der Waals surface area contributed by atoms with Gasteiger partial charge < -0.3 is 10.2 Å². The Morgan fingerprint density at radius 2 is 1.91 bits per heavy atom. The van der Waals surface area contributed by atoms with Crippen LogP contribution in [-0.4, -0.2) is 71.7 Å². The summed E-state index contributed by atoms with van der Waals surface area (Å²) in [6.07, 6.45) is 7.35. The molecule has 2 unspecified atom stereocenters. The number of hydrogen-bond donors (Lipinski definition) is 2. The Bertz CT molecular complexity index is 1280. The van der Waals surface area contributed by atoms with E-state index in [-0.39, 0.29) is 5.82 Å². The molecule has 3 aromatic heterocycles. The Morgan fingerprint density at radius 3 is 2.55 bits per heavy atom. The lowest BCUT2D eigenvalue weighted by atomic mass is 10.2. The van der Waals surface area contributed by atoms with Crippen molar-refractivity contribution in [2.45, 2.75) is 25.4 Å². The second kappa shape index (κ2) is 8.23. The molecule has 10 nitrogen and oxygen atoms in total. The first-order chi connectivity index (χ1) is 15.7. The number of piperazine rings is 1. The molecule has 3 aromatic rings. The summed E-state index contributed by atoms with van der Waals surface area (Å²) in [5.74, 6) is 1.75. The van der Waals surface area contributed by atoms with E-state index in [1.807, 2.05) is 6.20 Å². The number of likely N-dealkylation sites (N-methyl/N-ethyl adjacent to an activating group) is 1. The molecule has 33 heavy (non-hydrogen) atoms. The van der Waals surface area contributed by atoms with Crippen molar-refractivity contribution >= 4 is 33.3 Å². The minimum absolute atomic E-state index is 0.258. The third-order valence-electron chi connectivity index (χ3n) is 6.10. The van der Waals surface area contributed by atoms with E-state index in [0.29, 0.717) is 23.7 Å². The van der Waals surface area contributed by atoms with Gasteiger partial charge in [-0.2, -0.15) is 0 Å². The fourth-order valence-corrected chi connectivity index (χ4v) is 5.07. The number of pyridine rings is 2. The molecule has 2 saturated heterocycles. The highest BCUT2D eigenvalue weighted by Gasteiger charge is 2.42. The van der Waals surface area contributed by atoms with Crippen molar-refractivity contribution in [3.63, 3.8) is 0 Å². The fourth-order valence-electron chi connectivity index (χ4n) is 4.57. The van der Waals surface area contributed by atoms with Crippen LogP contribution in [0.25, 0.3) is 11.3 Å². The van der Waals surface area contributed by atoms with Crippen LogP contribution < -0.4 is 14.9 Å². The Labute approximate surface area is 193 Å². The van der Waals surface area contributed by atoms with E-state index in [9.17, 15) is 8.42 Å². The Kier molecular flexibility index (Phi) is 5.37. The number of fused-ring (bicyclic) bond motifs is 2. The Hall–Kier alpha value is -3.31. The van der Waals surface area contributed by atoms with Crippen LogP contribution in [0.5, 0.6) is 0 Å². The van der Waals surface area contributed by atoms with Crippen molar-refractivity contribution in [1.82, 2.24) is 24.8 Å². The molecule has 11 heteroatoms. The molecule has 0 spiro atoms. The number of rotatable bonds is 6. The van der Waals surface area contributed by atoms with Gasteiger partial charge in [-0.1, -0.05) is 0 Å². The van der Waals surface area contributed by atoms with E-state index in [1.54, 1.807) is 30.6 Å². The van der Waals surface area contributed by atoms with E-state index in [1.165, 1.54) is 6.42 Å². The molecule has 2 aliphatic rings. The summed E-state index contributed by atoms with van der Waals surface area (Å²) < 4.78 is 25.0. The summed E-state index contributed by atoms with van der Waals surface area (Å²) in [7, 11) is -1.18. The number of aromatic nitrogens is 4. The van der Waals surface area contributed by atoms with Gasteiger partial charge in [0.1, 0.15) is 11.6 Å². The first kappa shape index (κ1) is 21.5. The van der Waals surface area contributed by atoms with Gasteiger partial charge in [0, 0.05) is 43.1 Å². The predicted octanol–water partition coefficient (Wildman–Crippen LogP) is 2.25. The minimum atomic E-state index is -3.37. The zero-order chi connectivity index (χ0) is 23.2. The fraction of sp³-hybridized carbons (Fsp3) is 0.364. The van der Waals surface area contributed by atoms with Gasteiger partial charge in [0.2, 0.25) is 16.0 Å². The summed E-state index contributed by atoms with van der Waals surface area (Å²) in [6.45, 7) is 4.20. The number of sulfonamides is 1. The van der Waals surface area contributed by atoms with Crippen molar-refractivity contribution in [1.29, 1.82) is 0 Å². The lowest BCUT2D eigenvalue weighted by Crippen LogP contribution is -2.45. The summed E-state index contributed by atoms with van der Waals surface area (Å²) in [4.78, 5) is 22.6. The maximum Gasteiger partial charge on any atom is 0.230 e. The van der Waals surface area contributed by atoms with E-state index >= 15 is 0 Å². The van der Waals surface area contributed by atoms with E-state index in [4.69, 9.17) is 4.98 Å². The summed E-state index contributed by atoms with van der Waals surface area (Å²) in [6, 6.07) is 8.36. The molecule has 0 saturated carbocycles. The Balaban J connectivity index is 1.30. The maximum atomic E-state index is 11.4. The van der Waals surface area contributed by atoms with Gasteiger partial charge >= 0.3 is 0 Å². The lowest BCUT2D eigenvalue weighted by molar-refractivity contribution is 0.292. The third-order valence-corrected chi connectivity index (χ3v) is 6.68. The van der Waals surface area contributed by atoms with Crippen molar-refractivity contribution in [3.8, 4) is 11.3 Å². The molecule has 0 aliphatic carbocycles. The molecular formula is C22H26N8O2S. The van der Waals surface area contributed by atoms with Crippen LogP contribution in [0, 0.1) is 6.92 Å². The van der Waals surface area contributed by atoms with Crippen LogP contribution in [0.4, 0.5) is 23.3 Å². The van der Waals surface area contributed by atoms with Gasteiger partial charge in [-0.05, 0) is 50.2 Å². The molecule has 0 aromatic carbocycles. The first-order valence-electron chi connectivity index (χ1n) is 10.7. The van der Waals surface area contributed by atoms with Crippen LogP contribution in [0.2, 0.25) is 0 Å². The molecule has 2 N–H and O–H groups in total. The monoisotopic (exact) mass is 466 g/mol. The van der Waals surface area contributed by atoms with Gasteiger partial charge in [0.05, 0.1) is 23.8 Å². The highest BCUT2D eigenvalue weighted by Crippen LogP contribution is 2.34. The third kappa shape index (κ3) is 4.60. The average molecular weight is 467 g/mol. The van der Waals surface area contributed by atoms with Gasteiger partial charge in [-0.3, -0.25) is 9.62 Å². The lowest BCUT2D eigenvalue weighted by Gasteiger charge is -2.33. The van der Waals surface area contributed by atoms with Crippen LogP contribution in [-0.2, 0) is 10.0 Å². The van der Waals surface area contributed by atoms with Crippen LogP contribution in [0.3, 0.4) is 0 Å². The van der Waals surface area contributed by atoms with E-state index in [0.717, 1.165) is 42.0 Å². The van der Waals surface area contributed by atoms with Crippen molar-refractivity contribution in [3.05, 3.63) is 48.4 Å². The van der Waals surface area contributed by atoms with E-state index in [2.05, 4.69) is 54.8 Å². The normalized spacial score (nSPS) is 20.3. The zero-order valence-corrected chi connectivity index (χ0v) is 19.5. The van der Waals surface area contributed by atoms with Gasteiger partial charge in [-0.15, -0.1) is 0 Å². The summed E-state index contributed by atoms with van der Waals surface area (Å²) in [5.41, 5.74) is 3.35. The Morgan fingerprint density at radius 1 is 1.06 bits per heavy atom. The maximum absolute atomic E-state index is 11.4. The number of nitrogens with one attached hydrogen (secondary N) is 2. The topological polar surface area (TPSA) is 116 Å². The number of anilines is 4. The molecule has 5 heterocycles. The summed E-state index contributed by atoms with van der Waals surface area (Å²) >= 11 is 0. The molecule has 0 amide bonds. The largest absolute Gasteiger partial charge is 0.350 e. The SMILES string of the molecule is Cc1cc(Nc2nccc(-c3ccc(NS(C)(=O)=O)nc3)n2)cnc1N1CC2CC1CN2C. The van der Waals surface area contributed by atoms with Crippen molar-refractivity contribution < 1.29 is 8.42 Å². The smallest absolute Gasteiger partial charge is 0.230 e. The standard InChI is InChI=1S/C22H26N8O2S/c1-14-8-16(11-25-21(14)30-13-17-9-18(30)12-29(17)2)26-22-23-7-6-19(27-22)15-4-5-20(24-10-15)28-33(3,31)32/h4-8,10-11,17-18H,9,12-13H2,1-3H3,(H,24,28)(H,23,26,27). The number of hydrogen-bond acceptors (Lipinski definition) is 9. The van der Waals surface area contributed by atoms with Gasteiger partial charge in [0.25, 0.3) is 0 Å². The molecule has 0 radical (unpaired) electrons. The van der Waals surface area contributed by atoms with Gasteiger partial charge in [0.15, 0.2) is 0 Å². The van der Waals surface area contributed by atoms with E-state index < -0.39 is 10.0 Å². The quantitative estimate of drug-likeness (QED) is 0.564. The molecule has 2 bridgehead atoms. The van der Waals surface area contributed by atoms with Crippen LogP contribution in [0.15, 0.2) is 42.9 Å². The van der Waals surface area contributed by atoms with Crippen molar-refractivity contribution in [2.75, 3.05) is 41.3 Å². The molecule has 172 valence electrons. The van der Waals surface area contributed by atoms with Gasteiger partial charge in [-0.25, -0.2) is 28.4 Å². The van der Waals surface area contributed by atoms with Crippen LogP contribution in [0.1, 0.15) is 12.0 Å². The highest BCUT2D eigenvalue weighted by atomic mass is 32.2. The predicted molar refractivity (Wildman–Crippen MR) is 128 cm³/mol. The molecule has 2 aliphatic heterocycles. The average Bonchev–Trinajstić information content (AvgIpc) is 3.33. The summed E-state index contributed by atoms with van der Waals surface area (Å²) in [5, 5.41) is 3.23. The zero-order valence-electron chi connectivity index (χ0n) is 18.7. The first-order valence-corrected chi connectivity index (χ1v) is 12.6. The number of aryl methyl sites for hydroxylation is 1. The van der Waals surface area contributed by atoms with Crippen molar-refractivity contribution in [2.24, 2.45) is 0 Å². The second-order valence-corrected chi connectivity index (χ2v) is 10.4. The van der Waals surface area contributed by atoms with Crippen LogP contribution >= 0.6 is 0 Å².